The summed E-state index contributed by atoms with van der Waals surface area (Å²) in [5.41, 5.74) is 2.03. The second kappa shape index (κ2) is 8.13. The van der Waals surface area contributed by atoms with E-state index in [-0.39, 0.29) is 0 Å². The van der Waals surface area contributed by atoms with Crippen molar-refractivity contribution in [3.05, 3.63) is 51.8 Å². The predicted molar refractivity (Wildman–Crippen MR) is 95.5 cm³/mol. The number of nitrogens with zero attached hydrogens (tertiary/aromatic N) is 2. The van der Waals surface area contributed by atoms with Gasteiger partial charge in [-0.1, -0.05) is 41.4 Å². The van der Waals surface area contributed by atoms with Gasteiger partial charge in [-0.25, -0.2) is 0 Å². The monoisotopic (exact) mass is 354 g/mol. The van der Waals surface area contributed by atoms with Crippen molar-refractivity contribution in [1.82, 2.24) is 15.2 Å². The van der Waals surface area contributed by atoms with Crippen molar-refractivity contribution in [2.75, 3.05) is 14.2 Å². The molecule has 1 aromatic heterocycles. The van der Waals surface area contributed by atoms with E-state index in [1.165, 1.54) is 0 Å². The van der Waals surface area contributed by atoms with Gasteiger partial charge >= 0.3 is 0 Å². The average Bonchev–Trinajstić information content (AvgIpc) is 2.82. The summed E-state index contributed by atoms with van der Waals surface area (Å²) in [5, 5.41) is 7.56. The lowest BCUT2D eigenvalue weighted by Gasteiger charge is -2.14. The van der Waals surface area contributed by atoms with Gasteiger partial charge in [0.2, 0.25) is 0 Å². The quantitative estimate of drug-likeness (QED) is 0.640. The number of aromatic nitrogens is 1. The summed E-state index contributed by atoms with van der Waals surface area (Å²) in [6.07, 6.45) is 0. The first-order valence-corrected chi connectivity index (χ1v) is 7.88. The molecule has 1 aromatic carbocycles. The number of rotatable bonds is 5. The molecule has 5 nitrogen and oxygen atoms in total. The van der Waals surface area contributed by atoms with Gasteiger partial charge in [-0.05, 0) is 12.1 Å². The molecule has 0 spiro atoms. The van der Waals surface area contributed by atoms with Gasteiger partial charge in [-0.2, -0.15) is 0 Å². The Morgan fingerprint density at radius 1 is 1.22 bits per heavy atom. The molecule has 23 heavy (non-hydrogen) atoms. The van der Waals surface area contributed by atoms with Crippen LogP contribution in [0.3, 0.4) is 0 Å². The minimum absolute atomic E-state index is 0.528. The van der Waals surface area contributed by atoms with Crippen LogP contribution >= 0.6 is 23.2 Å². The first kappa shape index (κ1) is 17.5. The number of nitrogens with one attached hydrogen (secondary N) is 2. The number of methoxy groups -OCH3 is 1. The van der Waals surface area contributed by atoms with Crippen molar-refractivity contribution < 1.29 is 4.74 Å². The molecular formula is C16H20Cl2N4O. The van der Waals surface area contributed by atoms with E-state index >= 15 is 0 Å². The number of para-hydroxylation sites is 1. The zero-order chi connectivity index (χ0) is 16.8. The molecule has 7 heteroatoms. The van der Waals surface area contributed by atoms with Gasteiger partial charge < -0.3 is 19.9 Å². The average molecular weight is 355 g/mol. The topological polar surface area (TPSA) is 50.6 Å². The Bertz CT molecular complexity index is 697. The standard InChI is InChI=1S/C16H20Cl2N4O/c1-19-16(20-9-11-6-4-5-7-14(11)23-3)21-10-12-8-13(17)15(18)22(12)2/h4-8H,9-10H2,1-3H3,(H2,19,20,21). The summed E-state index contributed by atoms with van der Waals surface area (Å²) in [6, 6.07) is 9.70. The molecule has 0 amide bonds. The Kier molecular flexibility index (Phi) is 6.19. The van der Waals surface area contributed by atoms with Crippen LogP contribution in [-0.2, 0) is 20.1 Å². The maximum Gasteiger partial charge on any atom is 0.191 e. The molecule has 0 aliphatic rings. The molecule has 0 radical (unpaired) electrons. The molecule has 0 bridgehead atoms. The van der Waals surface area contributed by atoms with Crippen LogP contribution in [0, 0.1) is 0 Å². The van der Waals surface area contributed by atoms with Gasteiger partial charge in [0, 0.05) is 31.9 Å². The number of halogens is 2. The highest BCUT2D eigenvalue weighted by atomic mass is 35.5. The highest BCUT2D eigenvalue weighted by molar-refractivity contribution is 6.41. The van der Waals surface area contributed by atoms with Crippen molar-refractivity contribution in [1.29, 1.82) is 0 Å². The molecule has 0 saturated heterocycles. The van der Waals surface area contributed by atoms with Gasteiger partial charge in [0.25, 0.3) is 0 Å². The molecule has 124 valence electrons. The van der Waals surface area contributed by atoms with Crippen molar-refractivity contribution in [2.24, 2.45) is 12.0 Å². The van der Waals surface area contributed by atoms with Gasteiger partial charge in [0.15, 0.2) is 5.96 Å². The molecule has 0 atom stereocenters. The van der Waals surface area contributed by atoms with E-state index in [4.69, 9.17) is 27.9 Å². The minimum atomic E-state index is 0.528. The van der Waals surface area contributed by atoms with Gasteiger partial charge in [-0.3, -0.25) is 4.99 Å². The maximum absolute atomic E-state index is 6.07. The molecule has 1 heterocycles. The van der Waals surface area contributed by atoms with Gasteiger partial charge in [0.05, 0.1) is 18.7 Å². The number of guanidine groups is 1. The van der Waals surface area contributed by atoms with Crippen LogP contribution in [0.4, 0.5) is 0 Å². The number of hydrogen-bond donors (Lipinski definition) is 2. The summed E-state index contributed by atoms with van der Waals surface area (Å²) < 4.78 is 7.18. The molecule has 0 saturated carbocycles. The van der Waals surface area contributed by atoms with E-state index < -0.39 is 0 Å². The van der Waals surface area contributed by atoms with E-state index in [1.807, 2.05) is 41.9 Å². The lowest BCUT2D eigenvalue weighted by Crippen LogP contribution is -2.36. The Labute approximate surface area is 146 Å². The van der Waals surface area contributed by atoms with Crippen LogP contribution in [0.2, 0.25) is 10.2 Å². The summed E-state index contributed by atoms with van der Waals surface area (Å²) >= 11 is 12.1. The fraction of sp³-hybridized carbons (Fsp3) is 0.312. The highest BCUT2D eigenvalue weighted by Gasteiger charge is 2.09. The Hall–Kier alpha value is -1.85. The third-order valence-corrected chi connectivity index (χ3v) is 4.36. The van der Waals surface area contributed by atoms with E-state index in [9.17, 15) is 0 Å². The van der Waals surface area contributed by atoms with Crippen molar-refractivity contribution in [2.45, 2.75) is 13.1 Å². The molecule has 0 fully saturated rings. The molecule has 2 N–H and O–H groups in total. The molecule has 2 rings (SSSR count). The predicted octanol–water partition coefficient (Wildman–Crippen LogP) is 3.21. The highest BCUT2D eigenvalue weighted by Crippen LogP contribution is 2.24. The minimum Gasteiger partial charge on any atom is -0.496 e. The van der Waals surface area contributed by atoms with Crippen LogP contribution in [0.1, 0.15) is 11.3 Å². The van der Waals surface area contributed by atoms with E-state index in [2.05, 4.69) is 15.6 Å². The van der Waals surface area contributed by atoms with E-state index in [1.54, 1.807) is 14.2 Å². The van der Waals surface area contributed by atoms with Gasteiger partial charge in [-0.15, -0.1) is 0 Å². The van der Waals surface area contributed by atoms with Gasteiger partial charge in [0.1, 0.15) is 10.9 Å². The van der Waals surface area contributed by atoms with Crippen LogP contribution in [0.5, 0.6) is 5.75 Å². The van der Waals surface area contributed by atoms with Crippen LogP contribution in [0.15, 0.2) is 35.3 Å². The summed E-state index contributed by atoms with van der Waals surface area (Å²) in [5.74, 6) is 1.53. The zero-order valence-corrected chi connectivity index (χ0v) is 14.9. The van der Waals surface area contributed by atoms with Crippen LogP contribution in [0.25, 0.3) is 0 Å². The largest absolute Gasteiger partial charge is 0.496 e. The molecule has 2 aromatic rings. The normalized spacial score (nSPS) is 11.4. The number of aliphatic imine (C=N–C) groups is 1. The van der Waals surface area contributed by atoms with Crippen LogP contribution < -0.4 is 15.4 Å². The molecule has 0 unspecified atom stereocenters. The smallest absolute Gasteiger partial charge is 0.191 e. The Morgan fingerprint density at radius 3 is 2.52 bits per heavy atom. The number of benzene rings is 1. The lowest BCUT2D eigenvalue weighted by molar-refractivity contribution is 0.409. The van der Waals surface area contributed by atoms with Crippen LogP contribution in [-0.4, -0.2) is 24.7 Å². The second-order valence-corrected chi connectivity index (χ2v) is 5.69. The SMILES string of the molecule is CN=C(NCc1ccccc1OC)NCc1cc(Cl)c(Cl)n1C. The Balaban J connectivity index is 1.95. The molecular weight excluding hydrogens is 335 g/mol. The molecule has 0 aliphatic carbocycles. The summed E-state index contributed by atoms with van der Waals surface area (Å²) in [7, 11) is 5.26. The maximum atomic E-state index is 6.07. The fourth-order valence-corrected chi connectivity index (χ4v) is 2.60. The Morgan fingerprint density at radius 2 is 1.91 bits per heavy atom. The summed E-state index contributed by atoms with van der Waals surface area (Å²) in [6.45, 7) is 1.17. The molecule has 0 aliphatic heterocycles. The summed E-state index contributed by atoms with van der Waals surface area (Å²) in [4.78, 5) is 4.21. The zero-order valence-electron chi connectivity index (χ0n) is 13.4. The van der Waals surface area contributed by atoms with E-state index in [0.717, 1.165) is 17.0 Å². The lowest BCUT2D eigenvalue weighted by atomic mass is 10.2. The number of ether oxygens (including phenoxy) is 1. The second-order valence-electron chi connectivity index (χ2n) is 4.92. The van der Waals surface area contributed by atoms with Crippen molar-refractivity contribution in [3.8, 4) is 5.75 Å². The first-order chi connectivity index (χ1) is 11.1. The van der Waals surface area contributed by atoms with Crippen molar-refractivity contribution >= 4 is 29.2 Å². The van der Waals surface area contributed by atoms with Crippen molar-refractivity contribution in [3.63, 3.8) is 0 Å². The third-order valence-electron chi connectivity index (χ3n) is 3.52. The number of hydrogen-bond acceptors (Lipinski definition) is 2. The van der Waals surface area contributed by atoms with E-state index in [0.29, 0.717) is 29.2 Å². The third kappa shape index (κ3) is 4.33. The fourth-order valence-electron chi connectivity index (χ4n) is 2.18. The first-order valence-electron chi connectivity index (χ1n) is 7.12.